The number of hydrogen-bond donors (Lipinski definition) is 1. The lowest BCUT2D eigenvalue weighted by atomic mass is 10.1. The molecule has 1 aromatic carbocycles. The number of carbonyl (C=O) groups excluding carboxylic acids is 1. The molecule has 7 heteroatoms. The Morgan fingerprint density at radius 3 is 2.58 bits per heavy atom. The Morgan fingerprint density at radius 2 is 2.05 bits per heavy atom. The van der Waals surface area contributed by atoms with Crippen molar-refractivity contribution in [1.29, 1.82) is 0 Å². The summed E-state index contributed by atoms with van der Waals surface area (Å²) in [6.07, 6.45) is -0.459. The highest BCUT2D eigenvalue weighted by molar-refractivity contribution is 5.96. The van der Waals surface area contributed by atoms with Crippen LogP contribution in [0.1, 0.15) is 22.3 Å². The maximum absolute atomic E-state index is 13.7. The molecule has 0 aromatic heterocycles. The number of nitrogens with zero attached hydrogens (tertiary/aromatic N) is 1. The van der Waals surface area contributed by atoms with Crippen molar-refractivity contribution in [3.63, 3.8) is 0 Å². The first kappa shape index (κ1) is 13.8. The topological polar surface area (TPSA) is 46.3 Å². The van der Waals surface area contributed by atoms with Crippen molar-refractivity contribution in [1.82, 2.24) is 4.90 Å². The molecular formula is C12H12F4N2O. The third-order valence-electron chi connectivity index (χ3n) is 3.03. The second-order valence-electron chi connectivity index (χ2n) is 4.46. The van der Waals surface area contributed by atoms with Gasteiger partial charge in [-0.25, -0.2) is 17.6 Å². The van der Waals surface area contributed by atoms with Crippen molar-refractivity contribution < 1.29 is 22.4 Å². The van der Waals surface area contributed by atoms with Crippen molar-refractivity contribution in [3.05, 3.63) is 34.9 Å². The van der Waals surface area contributed by atoms with Crippen LogP contribution in [0.25, 0.3) is 0 Å². The molecule has 2 rings (SSSR count). The largest absolute Gasteiger partial charge is 0.332 e. The van der Waals surface area contributed by atoms with E-state index in [4.69, 9.17) is 5.73 Å². The Hall–Kier alpha value is -1.63. The Labute approximate surface area is 107 Å². The molecule has 0 unspecified atom stereocenters. The quantitative estimate of drug-likeness (QED) is 0.839. The summed E-state index contributed by atoms with van der Waals surface area (Å²) in [5.74, 6) is -5.79. The Bertz CT molecular complexity index is 519. The van der Waals surface area contributed by atoms with Crippen molar-refractivity contribution in [3.8, 4) is 0 Å². The van der Waals surface area contributed by atoms with Gasteiger partial charge in [-0.15, -0.1) is 0 Å². The van der Waals surface area contributed by atoms with Crippen LogP contribution < -0.4 is 5.73 Å². The normalized spacial score (nSPS) is 17.8. The van der Waals surface area contributed by atoms with Gasteiger partial charge >= 0.3 is 0 Å². The average Bonchev–Trinajstić information content (AvgIpc) is 2.68. The molecule has 1 heterocycles. The van der Waals surface area contributed by atoms with Crippen LogP contribution in [-0.2, 0) is 6.54 Å². The number of amides is 1. The summed E-state index contributed by atoms with van der Waals surface area (Å²) in [5, 5.41) is 0. The summed E-state index contributed by atoms with van der Waals surface area (Å²) in [7, 11) is 0. The smallest absolute Gasteiger partial charge is 0.267 e. The molecule has 0 radical (unpaired) electrons. The fourth-order valence-corrected chi connectivity index (χ4v) is 2.09. The van der Waals surface area contributed by atoms with Crippen LogP contribution >= 0.6 is 0 Å². The zero-order chi connectivity index (χ0) is 14.2. The van der Waals surface area contributed by atoms with E-state index in [0.717, 1.165) is 11.0 Å². The van der Waals surface area contributed by atoms with Gasteiger partial charge in [-0.2, -0.15) is 0 Å². The van der Waals surface area contributed by atoms with E-state index in [2.05, 4.69) is 0 Å². The first-order chi connectivity index (χ1) is 8.84. The van der Waals surface area contributed by atoms with Gasteiger partial charge in [0.1, 0.15) is 11.6 Å². The fourth-order valence-electron chi connectivity index (χ4n) is 2.09. The number of halogens is 4. The molecule has 0 bridgehead atoms. The van der Waals surface area contributed by atoms with E-state index in [9.17, 15) is 22.4 Å². The molecule has 1 amide bonds. The molecule has 0 saturated carbocycles. The first-order valence-electron chi connectivity index (χ1n) is 5.69. The number of hydrogen-bond acceptors (Lipinski definition) is 2. The minimum atomic E-state index is -2.96. The van der Waals surface area contributed by atoms with Gasteiger partial charge in [-0.05, 0) is 11.6 Å². The standard InChI is InChI=1S/C12H12F4N2O/c13-8-3-7(5-17)10(9(14)4-8)11(19)18-2-1-12(15,16)6-18/h3-4H,1-2,5-6,17H2. The van der Waals surface area contributed by atoms with Crippen LogP contribution in [-0.4, -0.2) is 29.8 Å². The zero-order valence-corrected chi connectivity index (χ0v) is 9.93. The van der Waals surface area contributed by atoms with Crippen molar-refractivity contribution in [2.45, 2.75) is 18.9 Å². The van der Waals surface area contributed by atoms with Crippen LogP contribution in [0.5, 0.6) is 0 Å². The highest BCUT2D eigenvalue weighted by Gasteiger charge is 2.41. The Kier molecular flexibility index (Phi) is 3.49. The molecule has 0 spiro atoms. The molecule has 104 valence electrons. The number of alkyl halides is 2. The number of benzene rings is 1. The molecule has 0 atom stereocenters. The van der Waals surface area contributed by atoms with Gasteiger partial charge in [0.15, 0.2) is 0 Å². The van der Waals surface area contributed by atoms with E-state index in [1.54, 1.807) is 0 Å². The lowest BCUT2D eigenvalue weighted by molar-refractivity contribution is 0.0119. The summed E-state index contributed by atoms with van der Waals surface area (Å²) >= 11 is 0. The summed E-state index contributed by atoms with van der Waals surface area (Å²) in [5.41, 5.74) is 4.87. The highest BCUT2D eigenvalue weighted by atomic mass is 19.3. The Morgan fingerprint density at radius 1 is 1.37 bits per heavy atom. The summed E-state index contributed by atoms with van der Waals surface area (Å²) in [4.78, 5) is 12.9. The summed E-state index contributed by atoms with van der Waals surface area (Å²) in [6.45, 7) is -1.17. The van der Waals surface area contributed by atoms with Gasteiger partial charge in [0.05, 0.1) is 12.1 Å². The molecular weight excluding hydrogens is 264 g/mol. The number of rotatable bonds is 2. The van der Waals surface area contributed by atoms with E-state index in [-0.39, 0.29) is 18.7 Å². The average molecular weight is 276 g/mol. The van der Waals surface area contributed by atoms with Gasteiger partial charge in [-0.1, -0.05) is 0 Å². The number of nitrogens with two attached hydrogens (primary N) is 1. The van der Waals surface area contributed by atoms with E-state index in [0.29, 0.717) is 6.07 Å². The van der Waals surface area contributed by atoms with Gasteiger partial charge in [0, 0.05) is 25.6 Å². The van der Waals surface area contributed by atoms with Crippen molar-refractivity contribution in [2.75, 3.05) is 13.1 Å². The minimum Gasteiger partial charge on any atom is -0.332 e. The number of carbonyl (C=O) groups is 1. The van der Waals surface area contributed by atoms with Gasteiger partial charge in [-0.3, -0.25) is 4.79 Å². The second kappa shape index (κ2) is 4.80. The van der Waals surface area contributed by atoms with Crippen LogP contribution in [0.4, 0.5) is 17.6 Å². The van der Waals surface area contributed by atoms with Gasteiger partial charge in [0.2, 0.25) is 0 Å². The molecule has 1 aromatic rings. The summed E-state index contributed by atoms with van der Waals surface area (Å²) < 4.78 is 52.8. The Balaban J connectivity index is 2.34. The molecule has 3 nitrogen and oxygen atoms in total. The van der Waals surface area contributed by atoms with Crippen molar-refractivity contribution >= 4 is 5.91 Å². The SMILES string of the molecule is NCc1cc(F)cc(F)c1C(=O)N1CCC(F)(F)C1. The predicted octanol–water partition coefficient (Wildman–Crippen LogP) is 1.90. The van der Waals surface area contributed by atoms with Crippen LogP contribution in [0, 0.1) is 11.6 Å². The molecule has 0 aliphatic carbocycles. The predicted molar refractivity (Wildman–Crippen MR) is 59.7 cm³/mol. The van der Waals surface area contributed by atoms with Gasteiger partial charge in [0.25, 0.3) is 11.8 Å². The van der Waals surface area contributed by atoms with E-state index < -0.39 is 42.0 Å². The second-order valence-corrected chi connectivity index (χ2v) is 4.46. The summed E-state index contributed by atoms with van der Waals surface area (Å²) in [6, 6.07) is 1.48. The maximum atomic E-state index is 13.7. The van der Waals surface area contributed by atoms with Gasteiger partial charge < -0.3 is 10.6 Å². The van der Waals surface area contributed by atoms with Crippen LogP contribution in [0.15, 0.2) is 12.1 Å². The van der Waals surface area contributed by atoms with Crippen LogP contribution in [0.3, 0.4) is 0 Å². The van der Waals surface area contributed by atoms with E-state index in [1.165, 1.54) is 0 Å². The molecule has 19 heavy (non-hydrogen) atoms. The van der Waals surface area contributed by atoms with E-state index >= 15 is 0 Å². The molecule has 1 fully saturated rings. The molecule has 2 N–H and O–H groups in total. The van der Waals surface area contributed by atoms with Crippen LogP contribution in [0.2, 0.25) is 0 Å². The maximum Gasteiger partial charge on any atom is 0.267 e. The fraction of sp³-hybridized carbons (Fsp3) is 0.417. The third-order valence-corrected chi connectivity index (χ3v) is 3.03. The minimum absolute atomic E-state index is 0.0299. The molecule has 1 aliphatic rings. The number of likely N-dealkylation sites (tertiary alicyclic amines) is 1. The molecule has 1 aliphatic heterocycles. The van der Waals surface area contributed by atoms with Crippen molar-refractivity contribution in [2.24, 2.45) is 5.73 Å². The molecule has 1 saturated heterocycles. The lowest BCUT2D eigenvalue weighted by Gasteiger charge is -2.18. The third kappa shape index (κ3) is 2.70. The monoisotopic (exact) mass is 276 g/mol. The zero-order valence-electron chi connectivity index (χ0n) is 9.93. The highest BCUT2D eigenvalue weighted by Crippen LogP contribution is 2.29. The lowest BCUT2D eigenvalue weighted by Crippen LogP contribution is -2.33. The van der Waals surface area contributed by atoms with E-state index in [1.807, 2.05) is 0 Å². The first-order valence-corrected chi connectivity index (χ1v) is 5.69.